The molecule has 2 aromatic heterocycles. The number of nitrogens with two attached hydrogens (primary N) is 1. The molecule has 0 fully saturated rings. The van der Waals surface area contributed by atoms with Crippen LogP contribution in [0.2, 0.25) is 0 Å². The molecule has 0 spiro atoms. The largest absolute Gasteiger partial charge is 0.477 e. The van der Waals surface area contributed by atoms with Crippen LogP contribution in [0.1, 0.15) is 5.56 Å². The number of pyridine rings is 1. The minimum absolute atomic E-state index is 0. The Hall–Kier alpha value is -2.25. The van der Waals surface area contributed by atoms with Crippen LogP contribution in [0.15, 0.2) is 76.7 Å². The topological polar surface area (TPSA) is 65.4 Å². The molecule has 0 saturated carbocycles. The number of rotatable bonds is 6. The molecule has 0 atom stereocenters. The normalized spacial score (nSPS) is 10.6. The number of fused-ring (bicyclic) bond motifs is 1. The Morgan fingerprint density at radius 3 is 2.61 bits per heavy atom. The Kier molecular flexibility index (Phi) is 6.80. The van der Waals surface area contributed by atoms with Gasteiger partial charge in [-0.1, -0.05) is 53.7 Å². The lowest BCUT2D eigenvalue weighted by atomic mass is 10.2. The van der Waals surface area contributed by atoms with Gasteiger partial charge in [0.1, 0.15) is 5.75 Å². The van der Waals surface area contributed by atoms with Crippen molar-refractivity contribution in [2.45, 2.75) is 16.3 Å². The number of ether oxygens (including phenoxy) is 1. The highest BCUT2D eigenvalue weighted by Gasteiger charge is 2.14. The molecule has 5 nitrogen and oxygen atoms in total. The average Bonchev–Trinajstić information content (AvgIpc) is 3.12. The molecule has 28 heavy (non-hydrogen) atoms. The molecule has 0 saturated heterocycles. The van der Waals surface area contributed by atoms with Crippen molar-refractivity contribution in [2.75, 3.05) is 6.07 Å². The first kappa shape index (κ1) is 20.5. The van der Waals surface area contributed by atoms with Crippen LogP contribution in [0, 0.1) is 0 Å². The summed E-state index contributed by atoms with van der Waals surface area (Å²) in [5.74, 6) is 1.38. The van der Waals surface area contributed by atoms with Crippen LogP contribution in [0.3, 0.4) is 0 Å². The van der Waals surface area contributed by atoms with Crippen LogP contribution < -0.4 is 10.5 Å². The Morgan fingerprint density at radius 1 is 1.00 bits per heavy atom. The van der Waals surface area contributed by atoms with Gasteiger partial charge in [0.25, 0.3) is 0 Å². The standard InChI is InChI=1S/C20H17ClN4OS.ClH/c21-13-26-17-7-3-2-6-16(17)20-24-23-19-10-9-15(12-25(19)20)27-18-8-4-1-5-14(18)11-22;/h1-10,12H,11,13,22H2;1H. The van der Waals surface area contributed by atoms with Gasteiger partial charge in [-0.05, 0) is 35.9 Å². The maximum absolute atomic E-state index is 5.86. The summed E-state index contributed by atoms with van der Waals surface area (Å²) in [6.45, 7) is 0.506. The summed E-state index contributed by atoms with van der Waals surface area (Å²) in [5, 5.41) is 8.62. The molecular weight excluding hydrogens is 415 g/mol. The fourth-order valence-corrected chi connectivity index (χ4v) is 3.95. The van der Waals surface area contributed by atoms with E-state index in [0.717, 1.165) is 26.6 Å². The molecule has 0 amide bonds. The summed E-state index contributed by atoms with van der Waals surface area (Å²) < 4.78 is 7.49. The monoisotopic (exact) mass is 432 g/mol. The molecule has 0 aliphatic carbocycles. The Bertz CT molecular complexity index is 1090. The van der Waals surface area contributed by atoms with E-state index in [9.17, 15) is 0 Å². The van der Waals surface area contributed by atoms with Crippen LogP contribution in [-0.4, -0.2) is 20.7 Å². The molecule has 4 aromatic rings. The summed E-state index contributed by atoms with van der Waals surface area (Å²) in [5.41, 5.74) is 8.59. The van der Waals surface area contributed by atoms with E-state index < -0.39 is 0 Å². The number of aromatic nitrogens is 3. The first-order chi connectivity index (χ1) is 13.3. The summed E-state index contributed by atoms with van der Waals surface area (Å²) in [4.78, 5) is 2.21. The highest BCUT2D eigenvalue weighted by Crippen LogP contribution is 2.33. The van der Waals surface area contributed by atoms with E-state index in [2.05, 4.69) is 16.3 Å². The third-order valence-electron chi connectivity index (χ3n) is 4.13. The number of halogens is 2. The van der Waals surface area contributed by atoms with E-state index in [1.54, 1.807) is 11.8 Å². The SMILES string of the molecule is Cl.NCc1ccccc1Sc1ccc2nnc(-c3ccccc3OCCl)n2c1. The second-order valence-electron chi connectivity index (χ2n) is 5.78. The molecule has 0 aliphatic heterocycles. The number of para-hydroxylation sites is 1. The van der Waals surface area contributed by atoms with Crippen LogP contribution in [0.25, 0.3) is 17.0 Å². The van der Waals surface area contributed by atoms with E-state index in [0.29, 0.717) is 18.1 Å². The molecule has 4 rings (SSSR count). The van der Waals surface area contributed by atoms with Gasteiger partial charge in [0.2, 0.25) is 0 Å². The van der Waals surface area contributed by atoms with Gasteiger partial charge in [-0.2, -0.15) is 0 Å². The van der Waals surface area contributed by atoms with Crippen LogP contribution in [0.5, 0.6) is 5.75 Å². The van der Waals surface area contributed by atoms with Crippen LogP contribution >= 0.6 is 35.8 Å². The fourth-order valence-electron chi connectivity index (χ4n) is 2.85. The van der Waals surface area contributed by atoms with E-state index in [4.69, 9.17) is 22.1 Å². The Balaban J connectivity index is 0.00000225. The van der Waals surface area contributed by atoms with Crippen molar-refractivity contribution >= 4 is 41.4 Å². The van der Waals surface area contributed by atoms with Gasteiger partial charge in [0.05, 0.1) is 5.56 Å². The first-order valence-corrected chi connectivity index (χ1v) is 9.74. The van der Waals surface area contributed by atoms with Crippen LogP contribution in [0.4, 0.5) is 0 Å². The van der Waals surface area contributed by atoms with Gasteiger partial charge in [-0.15, -0.1) is 22.6 Å². The Morgan fingerprint density at radius 2 is 1.79 bits per heavy atom. The second-order valence-corrected chi connectivity index (χ2v) is 7.11. The first-order valence-electron chi connectivity index (χ1n) is 8.39. The zero-order chi connectivity index (χ0) is 18.6. The summed E-state index contributed by atoms with van der Waals surface area (Å²) >= 11 is 7.42. The molecule has 2 heterocycles. The van der Waals surface area contributed by atoms with Crippen molar-refractivity contribution in [1.82, 2.24) is 14.6 Å². The van der Waals surface area contributed by atoms with E-state index in [-0.39, 0.29) is 18.5 Å². The number of alkyl halides is 1. The third-order valence-corrected chi connectivity index (χ3v) is 5.34. The molecule has 0 unspecified atom stereocenters. The van der Waals surface area contributed by atoms with E-state index >= 15 is 0 Å². The van der Waals surface area contributed by atoms with Gasteiger partial charge in [0, 0.05) is 22.5 Å². The molecule has 0 aliphatic rings. The minimum atomic E-state index is 0. The smallest absolute Gasteiger partial charge is 0.172 e. The predicted molar refractivity (Wildman–Crippen MR) is 115 cm³/mol. The molecular formula is C20H18Cl2N4OS. The van der Waals surface area contributed by atoms with E-state index in [1.165, 1.54) is 0 Å². The van der Waals surface area contributed by atoms with E-state index in [1.807, 2.05) is 65.2 Å². The second kappa shape index (κ2) is 9.30. The number of benzene rings is 2. The van der Waals surface area contributed by atoms with Crippen molar-refractivity contribution in [3.8, 4) is 17.1 Å². The lowest BCUT2D eigenvalue weighted by molar-refractivity contribution is 0.389. The quantitative estimate of drug-likeness (QED) is 0.434. The number of hydrogen-bond acceptors (Lipinski definition) is 5. The minimum Gasteiger partial charge on any atom is -0.477 e. The lowest BCUT2D eigenvalue weighted by Crippen LogP contribution is -1.98. The van der Waals surface area contributed by atoms with Crippen LogP contribution in [-0.2, 0) is 6.54 Å². The molecule has 0 bridgehead atoms. The number of nitrogens with zero attached hydrogens (tertiary/aromatic N) is 3. The zero-order valence-electron chi connectivity index (χ0n) is 14.8. The van der Waals surface area contributed by atoms with Crippen molar-refractivity contribution < 1.29 is 4.74 Å². The van der Waals surface area contributed by atoms with Gasteiger partial charge < -0.3 is 10.5 Å². The predicted octanol–water partition coefficient (Wildman–Crippen LogP) is 5.00. The molecule has 8 heteroatoms. The number of hydrogen-bond donors (Lipinski definition) is 1. The van der Waals surface area contributed by atoms with Crippen molar-refractivity contribution in [1.29, 1.82) is 0 Å². The van der Waals surface area contributed by atoms with Crippen molar-refractivity contribution in [2.24, 2.45) is 5.73 Å². The highest BCUT2D eigenvalue weighted by atomic mass is 35.5. The van der Waals surface area contributed by atoms with Gasteiger partial charge in [-0.25, -0.2) is 0 Å². The molecule has 2 aromatic carbocycles. The van der Waals surface area contributed by atoms with Gasteiger partial charge in [-0.3, -0.25) is 4.40 Å². The van der Waals surface area contributed by atoms with Gasteiger partial charge in [0.15, 0.2) is 17.5 Å². The third kappa shape index (κ3) is 4.10. The maximum atomic E-state index is 5.86. The maximum Gasteiger partial charge on any atom is 0.172 e. The lowest BCUT2D eigenvalue weighted by Gasteiger charge is -2.09. The summed E-state index contributed by atoms with van der Waals surface area (Å²) in [7, 11) is 0. The molecule has 144 valence electrons. The van der Waals surface area contributed by atoms with Crippen molar-refractivity contribution in [3.05, 3.63) is 72.4 Å². The van der Waals surface area contributed by atoms with Gasteiger partial charge >= 0.3 is 0 Å². The summed E-state index contributed by atoms with van der Waals surface area (Å²) in [6, 6.07) is 19.9. The fraction of sp³-hybridized carbons (Fsp3) is 0.100. The van der Waals surface area contributed by atoms with Crippen molar-refractivity contribution in [3.63, 3.8) is 0 Å². The molecule has 2 N–H and O–H groups in total. The highest BCUT2D eigenvalue weighted by molar-refractivity contribution is 7.99. The average molecular weight is 433 g/mol. The zero-order valence-corrected chi connectivity index (χ0v) is 17.2. The molecule has 0 radical (unpaired) electrons. The Labute approximate surface area is 178 Å². The summed E-state index contributed by atoms with van der Waals surface area (Å²) in [6.07, 6.45) is 2.03.